The predicted octanol–water partition coefficient (Wildman–Crippen LogP) is 2.18. The van der Waals surface area contributed by atoms with Crippen molar-refractivity contribution in [2.24, 2.45) is 0 Å². The maximum absolute atomic E-state index is 12.5. The summed E-state index contributed by atoms with van der Waals surface area (Å²) in [6, 6.07) is 6.01. The Morgan fingerprint density at radius 2 is 1.93 bits per heavy atom. The van der Waals surface area contributed by atoms with E-state index in [4.69, 9.17) is 9.47 Å². The van der Waals surface area contributed by atoms with Crippen LogP contribution >= 0.6 is 0 Å². The second-order valence-corrected chi connectivity index (χ2v) is 5.63. The fourth-order valence-corrected chi connectivity index (χ4v) is 2.36. The molecule has 1 aliphatic heterocycles. The molecular formula is C16H17F3N4O4. The molecule has 2 heterocycles. The van der Waals surface area contributed by atoms with E-state index >= 15 is 0 Å². The van der Waals surface area contributed by atoms with Gasteiger partial charge in [-0.25, -0.2) is 4.79 Å². The van der Waals surface area contributed by atoms with E-state index in [2.05, 4.69) is 20.0 Å². The fourth-order valence-electron chi connectivity index (χ4n) is 2.36. The van der Waals surface area contributed by atoms with Crippen LogP contribution in [0, 0.1) is 0 Å². The summed E-state index contributed by atoms with van der Waals surface area (Å²) in [6.45, 7) is 2.73. The van der Waals surface area contributed by atoms with Gasteiger partial charge in [-0.2, -0.15) is 18.2 Å². The molecule has 0 aliphatic carbocycles. The number of amides is 2. The Balaban J connectivity index is 1.45. The Hall–Kier alpha value is -2.82. The van der Waals surface area contributed by atoms with Gasteiger partial charge in [0.05, 0.1) is 19.8 Å². The summed E-state index contributed by atoms with van der Waals surface area (Å²) < 4.78 is 52.3. The van der Waals surface area contributed by atoms with Gasteiger partial charge < -0.3 is 24.2 Å². The molecule has 11 heteroatoms. The predicted molar refractivity (Wildman–Crippen MR) is 86.0 cm³/mol. The minimum atomic E-state index is -4.68. The number of carbonyl (C=O) groups is 1. The molecule has 0 saturated carbocycles. The fraction of sp³-hybridized carbons (Fsp3) is 0.438. The number of nitrogens with zero attached hydrogens (tertiary/aromatic N) is 3. The molecule has 0 radical (unpaired) electrons. The highest BCUT2D eigenvalue weighted by Crippen LogP contribution is 2.29. The third-order valence-electron chi connectivity index (χ3n) is 3.73. The number of hydrogen-bond donors (Lipinski definition) is 1. The quantitative estimate of drug-likeness (QED) is 0.793. The highest BCUT2D eigenvalue weighted by molar-refractivity contribution is 5.74. The average molecular weight is 386 g/mol. The van der Waals surface area contributed by atoms with Crippen molar-refractivity contribution < 1.29 is 32.0 Å². The van der Waals surface area contributed by atoms with Crippen molar-refractivity contribution >= 4 is 6.03 Å². The van der Waals surface area contributed by atoms with Gasteiger partial charge in [-0.15, -0.1) is 0 Å². The average Bonchev–Trinajstić information content (AvgIpc) is 3.17. The summed E-state index contributed by atoms with van der Waals surface area (Å²) in [5, 5.41) is 6.06. The third kappa shape index (κ3) is 5.09. The van der Waals surface area contributed by atoms with Gasteiger partial charge in [0.25, 0.3) is 0 Å². The number of benzene rings is 1. The Kier molecular flexibility index (Phi) is 5.79. The Labute approximate surface area is 152 Å². The van der Waals surface area contributed by atoms with E-state index in [9.17, 15) is 18.0 Å². The van der Waals surface area contributed by atoms with Crippen LogP contribution in [0.1, 0.15) is 5.89 Å². The van der Waals surface area contributed by atoms with Crippen LogP contribution in [0.25, 0.3) is 11.4 Å². The molecule has 146 valence electrons. The van der Waals surface area contributed by atoms with Crippen LogP contribution in [0.2, 0.25) is 0 Å². The highest BCUT2D eigenvalue weighted by Gasteiger charge is 2.38. The van der Waals surface area contributed by atoms with E-state index in [0.717, 1.165) is 0 Å². The molecule has 3 rings (SSSR count). The van der Waals surface area contributed by atoms with Crippen LogP contribution in [0.15, 0.2) is 28.8 Å². The van der Waals surface area contributed by atoms with Gasteiger partial charge in [0, 0.05) is 18.7 Å². The number of ether oxygens (including phenoxy) is 2. The van der Waals surface area contributed by atoms with Gasteiger partial charge in [-0.05, 0) is 24.3 Å². The number of rotatable bonds is 5. The van der Waals surface area contributed by atoms with Gasteiger partial charge in [-0.3, -0.25) is 0 Å². The third-order valence-corrected chi connectivity index (χ3v) is 3.73. The van der Waals surface area contributed by atoms with Crippen LogP contribution in [0.4, 0.5) is 18.0 Å². The normalized spacial score (nSPS) is 14.9. The number of carbonyl (C=O) groups excluding carboxylic acids is 1. The Morgan fingerprint density at radius 1 is 1.22 bits per heavy atom. The van der Waals surface area contributed by atoms with Crippen molar-refractivity contribution in [2.75, 3.05) is 39.5 Å². The lowest BCUT2D eigenvalue weighted by atomic mass is 10.2. The summed E-state index contributed by atoms with van der Waals surface area (Å²) >= 11 is 0. The maximum Gasteiger partial charge on any atom is 0.471 e. The van der Waals surface area contributed by atoms with Crippen LogP contribution in [-0.4, -0.2) is 60.5 Å². The molecule has 1 saturated heterocycles. The second kappa shape index (κ2) is 8.25. The summed E-state index contributed by atoms with van der Waals surface area (Å²) in [7, 11) is 0. The number of morpholine rings is 1. The summed E-state index contributed by atoms with van der Waals surface area (Å²) in [5.74, 6) is -1.06. The SMILES string of the molecule is O=C(NCCOc1ccc(-c2noc(C(F)(F)F)n2)cc1)N1CCOCC1. The summed E-state index contributed by atoms with van der Waals surface area (Å²) in [4.78, 5) is 16.9. The minimum Gasteiger partial charge on any atom is -0.492 e. The standard InChI is InChI=1S/C16H17F3N4O4/c17-16(18,19)14-21-13(22-27-14)11-1-3-12(4-2-11)26-8-5-20-15(24)23-6-9-25-10-7-23/h1-4H,5-10H2,(H,20,24). The van der Waals surface area contributed by atoms with Crippen LogP contribution in [-0.2, 0) is 10.9 Å². The van der Waals surface area contributed by atoms with Gasteiger partial charge in [0.2, 0.25) is 5.82 Å². The second-order valence-electron chi connectivity index (χ2n) is 5.63. The highest BCUT2D eigenvalue weighted by atomic mass is 19.4. The van der Waals surface area contributed by atoms with Gasteiger partial charge in [0.15, 0.2) is 0 Å². The molecule has 2 aromatic rings. The van der Waals surface area contributed by atoms with Gasteiger partial charge in [0.1, 0.15) is 12.4 Å². The molecule has 0 bridgehead atoms. The number of urea groups is 1. The van der Waals surface area contributed by atoms with Crippen LogP contribution in [0.5, 0.6) is 5.75 Å². The lowest BCUT2D eigenvalue weighted by Gasteiger charge is -2.26. The first-order valence-corrected chi connectivity index (χ1v) is 8.18. The van der Waals surface area contributed by atoms with Gasteiger partial charge in [-0.1, -0.05) is 5.16 Å². The molecule has 1 aromatic heterocycles. The van der Waals surface area contributed by atoms with E-state index in [1.54, 1.807) is 17.0 Å². The number of nitrogens with one attached hydrogen (secondary N) is 1. The summed E-state index contributed by atoms with van der Waals surface area (Å²) in [6.07, 6.45) is -4.68. The first-order chi connectivity index (χ1) is 12.9. The topological polar surface area (TPSA) is 89.7 Å². The van der Waals surface area contributed by atoms with E-state index in [-0.39, 0.29) is 18.5 Å². The number of aromatic nitrogens is 2. The van der Waals surface area contributed by atoms with Crippen molar-refractivity contribution in [2.45, 2.75) is 6.18 Å². The molecule has 1 aliphatic rings. The molecule has 1 aromatic carbocycles. The van der Waals surface area contributed by atoms with Crippen molar-refractivity contribution in [1.82, 2.24) is 20.4 Å². The van der Waals surface area contributed by atoms with E-state index < -0.39 is 12.1 Å². The Bertz CT molecular complexity index is 758. The monoisotopic (exact) mass is 386 g/mol. The smallest absolute Gasteiger partial charge is 0.471 e. The van der Waals surface area contributed by atoms with E-state index in [1.165, 1.54) is 12.1 Å². The van der Waals surface area contributed by atoms with Crippen LogP contribution < -0.4 is 10.1 Å². The van der Waals surface area contributed by atoms with E-state index in [0.29, 0.717) is 44.2 Å². The first kappa shape index (κ1) is 19.0. The van der Waals surface area contributed by atoms with Crippen molar-refractivity contribution in [1.29, 1.82) is 0 Å². The molecule has 1 fully saturated rings. The van der Waals surface area contributed by atoms with Crippen molar-refractivity contribution in [3.8, 4) is 17.1 Å². The molecule has 8 nitrogen and oxygen atoms in total. The zero-order valence-corrected chi connectivity index (χ0v) is 14.2. The molecule has 0 unspecified atom stereocenters. The molecular weight excluding hydrogens is 369 g/mol. The van der Waals surface area contributed by atoms with Crippen molar-refractivity contribution in [3.05, 3.63) is 30.2 Å². The first-order valence-electron chi connectivity index (χ1n) is 8.18. The molecule has 27 heavy (non-hydrogen) atoms. The zero-order valence-electron chi connectivity index (χ0n) is 14.2. The zero-order chi connectivity index (χ0) is 19.3. The number of halogens is 3. The minimum absolute atomic E-state index is 0.161. The largest absolute Gasteiger partial charge is 0.492 e. The summed E-state index contributed by atoms with van der Waals surface area (Å²) in [5.41, 5.74) is 0.363. The number of alkyl halides is 3. The molecule has 0 atom stereocenters. The lowest BCUT2D eigenvalue weighted by Crippen LogP contribution is -2.47. The van der Waals surface area contributed by atoms with Crippen molar-refractivity contribution in [3.63, 3.8) is 0 Å². The van der Waals surface area contributed by atoms with Crippen LogP contribution in [0.3, 0.4) is 0 Å². The lowest BCUT2D eigenvalue weighted by molar-refractivity contribution is -0.159. The van der Waals surface area contributed by atoms with Gasteiger partial charge >= 0.3 is 18.1 Å². The molecule has 0 spiro atoms. The Morgan fingerprint density at radius 3 is 2.56 bits per heavy atom. The van der Waals surface area contributed by atoms with E-state index in [1.807, 2.05) is 0 Å². The molecule has 1 N–H and O–H groups in total. The molecule has 2 amide bonds. The maximum atomic E-state index is 12.5. The number of hydrogen-bond acceptors (Lipinski definition) is 6.